The number of H-pyrrole nitrogens is 1. The predicted molar refractivity (Wildman–Crippen MR) is 37.0 cm³/mol. The Balaban J connectivity index is 2.44. The summed E-state index contributed by atoms with van der Waals surface area (Å²) in [6.45, 7) is 0. The molecule has 0 fully saturated rings. The smallest absolute Gasteiger partial charge is 0.186 e. The number of nitrogens with one attached hydrogen (secondary N) is 1. The number of ketones is 1. The third-order valence-corrected chi connectivity index (χ3v) is 1.79. The van der Waals surface area contributed by atoms with Crippen LogP contribution in [0.3, 0.4) is 0 Å². The summed E-state index contributed by atoms with van der Waals surface area (Å²) in [6.07, 6.45) is 1.04. The molecule has 58 valence electrons. The number of carbonyl (C=O) groups excluding carboxylic acids is 1. The molecule has 0 spiro atoms. The highest BCUT2D eigenvalue weighted by Crippen LogP contribution is 2.14. The largest absolute Gasteiger partial charge is 0.327 e. The standard InChI is InChI=1S/C6H8N4O/c7-3-1-4-6(5(11)2-3)9-10-8-4/h3H,1-2,7H2,(H,8,9,10). The second-order valence-electron chi connectivity index (χ2n) is 2.71. The van der Waals surface area contributed by atoms with Crippen molar-refractivity contribution in [1.82, 2.24) is 15.4 Å². The summed E-state index contributed by atoms with van der Waals surface area (Å²) in [4.78, 5) is 11.2. The Kier molecular flexibility index (Phi) is 1.25. The normalized spacial score (nSPS) is 23.4. The van der Waals surface area contributed by atoms with Crippen LogP contribution < -0.4 is 5.73 Å². The molecule has 1 heterocycles. The van der Waals surface area contributed by atoms with Crippen LogP contribution in [0.5, 0.6) is 0 Å². The Bertz CT molecular complexity index is 293. The van der Waals surface area contributed by atoms with Crippen molar-refractivity contribution < 1.29 is 4.79 Å². The van der Waals surface area contributed by atoms with Crippen LogP contribution in [0.15, 0.2) is 0 Å². The van der Waals surface area contributed by atoms with Crippen LogP contribution in [0.25, 0.3) is 0 Å². The van der Waals surface area contributed by atoms with Gasteiger partial charge in [0.1, 0.15) is 0 Å². The zero-order valence-corrected chi connectivity index (χ0v) is 5.87. The van der Waals surface area contributed by atoms with Crippen LogP contribution in [-0.2, 0) is 6.42 Å². The third kappa shape index (κ3) is 0.932. The van der Waals surface area contributed by atoms with E-state index in [4.69, 9.17) is 5.73 Å². The van der Waals surface area contributed by atoms with Crippen LogP contribution >= 0.6 is 0 Å². The quantitative estimate of drug-likeness (QED) is 0.512. The average Bonchev–Trinajstić information content (AvgIpc) is 2.34. The summed E-state index contributed by atoms with van der Waals surface area (Å²) in [5.74, 6) is -0.00694. The molecule has 1 aromatic rings. The van der Waals surface area contributed by atoms with E-state index in [0.29, 0.717) is 24.2 Å². The van der Waals surface area contributed by atoms with Crippen molar-refractivity contribution in [3.8, 4) is 0 Å². The highest BCUT2D eigenvalue weighted by atomic mass is 16.1. The molecule has 0 bridgehead atoms. The maximum absolute atomic E-state index is 11.2. The molecular weight excluding hydrogens is 144 g/mol. The van der Waals surface area contributed by atoms with E-state index < -0.39 is 0 Å². The molecule has 0 saturated carbocycles. The minimum atomic E-state index is -0.0832. The number of fused-ring (bicyclic) bond motifs is 1. The van der Waals surface area contributed by atoms with Gasteiger partial charge in [-0.25, -0.2) is 0 Å². The highest BCUT2D eigenvalue weighted by molar-refractivity contribution is 5.96. The van der Waals surface area contributed by atoms with Gasteiger partial charge in [-0.3, -0.25) is 4.79 Å². The van der Waals surface area contributed by atoms with E-state index in [1.165, 1.54) is 0 Å². The molecule has 1 aliphatic rings. The SMILES string of the molecule is NC1CC(=O)c2n[nH]nc2C1. The maximum atomic E-state index is 11.2. The number of hydrogen-bond donors (Lipinski definition) is 2. The minimum absolute atomic E-state index is 0.00694. The number of rotatable bonds is 0. The molecule has 1 unspecified atom stereocenters. The summed E-state index contributed by atoms with van der Waals surface area (Å²) in [5, 5.41) is 9.97. The Morgan fingerprint density at radius 1 is 1.45 bits per heavy atom. The van der Waals surface area contributed by atoms with Crippen molar-refractivity contribution in [1.29, 1.82) is 0 Å². The zero-order valence-electron chi connectivity index (χ0n) is 5.87. The fraction of sp³-hybridized carbons (Fsp3) is 0.500. The number of aromatic amines is 1. The molecule has 0 radical (unpaired) electrons. The van der Waals surface area contributed by atoms with Gasteiger partial charge in [0.15, 0.2) is 11.5 Å². The second kappa shape index (κ2) is 2.13. The van der Waals surface area contributed by atoms with Gasteiger partial charge in [0.2, 0.25) is 0 Å². The van der Waals surface area contributed by atoms with Gasteiger partial charge in [-0.05, 0) is 0 Å². The monoisotopic (exact) mass is 152 g/mol. The summed E-state index contributed by atoms with van der Waals surface area (Å²) < 4.78 is 0. The van der Waals surface area contributed by atoms with Crippen molar-refractivity contribution in [2.24, 2.45) is 5.73 Å². The van der Waals surface area contributed by atoms with Crippen molar-refractivity contribution in [3.05, 3.63) is 11.4 Å². The van der Waals surface area contributed by atoms with Crippen molar-refractivity contribution >= 4 is 5.78 Å². The summed E-state index contributed by atoms with van der Waals surface area (Å²) >= 11 is 0. The van der Waals surface area contributed by atoms with E-state index >= 15 is 0 Å². The lowest BCUT2D eigenvalue weighted by Crippen LogP contribution is -2.31. The number of hydrogen-bond acceptors (Lipinski definition) is 4. The van der Waals surface area contributed by atoms with Gasteiger partial charge < -0.3 is 5.73 Å². The first-order valence-electron chi connectivity index (χ1n) is 3.46. The molecule has 0 amide bonds. The van der Waals surface area contributed by atoms with Gasteiger partial charge >= 0.3 is 0 Å². The van der Waals surface area contributed by atoms with E-state index in [1.54, 1.807) is 0 Å². The fourth-order valence-corrected chi connectivity index (χ4v) is 1.27. The molecule has 3 N–H and O–H groups in total. The third-order valence-electron chi connectivity index (χ3n) is 1.79. The summed E-state index contributed by atoms with van der Waals surface area (Å²) in [6, 6.07) is -0.0832. The molecule has 5 nitrogen and oxygen atoms in total. The first kappa shape index (κ1) is 6.48. The number of nitrogens with zero attached hydrogens (tertiary/aromatic N) is 2. The Hall–Kier alpha value is -1.23. The Labute approximate surface area is 63.0 Å². The molecule has 2 rings (SSSR count). The molecule has 1 atom stereocenters. The molecule has 1 aromatic heterocycles. The van der Waals surface area contributed by atoms with Crippen LogP contribution in [-0.4, -0.2) is 27.2 Å². The average molecular weight is 152 g/mol. The highest BCUT2D eigenvalue weighted by Gasteiger charge is 2.25. The van der Waals surface area contributed by atoms with Gasteiger partial charge in [-0.15, -0.1) is 0 Å². The number of Topliss-reactive ketones (excluding diaryl/α,β-unsaturated/α-hetero) is 1. The topological polar surface area (TPSA) is 84.7 Å². The van der Waals surface area contributed by atoms with Crippen molar-refractivity contribution in [2.75, 3.05) is 0 Å². The van der Waals surface area contributed by atoms with Gasteiger partial charge in [0, 0.05) is 18.9 Å². The van der Waals surface area contributed by atoms with Gasteiger partial charge in [-0.1, -0.05) is 0 Å². The maximum Gasteiger partial charge on any atom is 0.186 e. The first-order valence-corrected chi connectivity index (χ1v) is 3.46. The molecular formula is C6H8N4O. The summed E-state index contributed by atoms with van der Waals surface area (Å²) in [5.41, 5.74) is 6.76. The van der Waals surface area contributed by atoms with Crippen LogP contribution in [0, 0.1) is 0 Å². The van der Waals surface area contributed by atoms with E-state index in [2.05, 4.69) is 15.4 Å². The molecule has 0 saturated heterocycles. The van der Waals surface area contributed by atoms with Crippen LogP contribution in [0.4, 0.5) is 0 Å². The fourth-order valence-electron chi connectivity index (χ4n) is 1.27. The van der Waals surface area contributed by atoms with E-state index in [-0.39, 0.29) is 11.8 Å². The van der Waals surface area contributed by atoms with Gasteiger partial charge in [-0.2, -0.15) is 15.4 Å². The van der Waals surface area contributed by atoms with Gasteiger partial charge in [0.05, 0.1) is 5.69 Å². The number of carbonyl (C=O) groups is 1. The molecule has 1 aliphatic carbocycles. The molecule has 11 heavy (non-hydrogen) atoms. The number of nitrogens with two attached hydrogens (primary N) is 1. The molecule has 0 aliphatic heterocycles. The lowest BCUT2D eigenvalue weighted by Gasteiger charge is -2.13. The minimum Gasteiger partial charge on any atom is -0.327 e. The van der Waals surface area contributed by atoms with Crippen LogP contribution in [0.2, 0.25) is 0 Å². The number of aromatic nitrogens is 3. The van der Waals surface area contributed by atoms with Crippen molar-refractivity contribution in [2.45, 2.75) is 18.9 Å². The lowest BCUT2D eigenvalue weighted by atomic mass is 9.96. The first-order chi connectivity index (χ1) is 5.27. The van der Waals surface area contributed by atoms with Crippen molar-refractivity contribution in [3.63, 3.8) is 0 Å². The van der Waals surface area contributed by atoms with E-state index in [0.717, 1.165) is 0 Å². The predicted octanol–water partition coefficient (Wildman–Crippen LogP) is -0.739. The lowest BCUT2D eigenvalue weighted by molar-refractivity contribution is 0.0960. The van der Waals surface area contributed by atoms with Crippen LogP contribution in [0.1, 0.15) is 22.6 Å². The zero-order chi connectivity index (χ0) is 7.84. The van der Waals surface area contributed by atoms with E-state index in [1.807, 2.05) is 0 Å². The second-order valence-corrected chi connectivity index (χ2v) is 2.71. The molecule has 5 heteroatoms. The Morgan fingerprint density at radius 3 is 3.09 bits per heavy atom. The summed E-state index contributed by atoms with van der Waals surface area (Å²) in [7, 11) is 0. The molecule has 0 aromatic carbocycles. The van der Waals surface area contributed by atoms with Gasteiger partial charge in [0.25, 0.3) is 0 Å². The Morgan fingerprint density at radius 2 is 2.27 bits per heavy atom. The van der Waals surface area contributed by atoms with E-state index in [9.17, 15) is 4.79 Å².